The maximum Gasteiger partial charge on any atom is 0.263 e. The van der Waals surface area contributed by atoms with Crippen molar-refractivity contribution in [1.82, 2.24) is 20.4 Å². The van der Waals surface area contributed by atoms with E-state index >= 15 is 0 Å². The van der Waals surface area contributed by atoms with Gasteiger partial charge in [0.2, 0.25) is 5.91 Å². The molecule has 1 N–H and O–H groups in total. The number of piperidine rings is 1. The number of rotatable bonds is 7. The molecule has 0 bridgehead atoms. The smallest absolute Gasteiger partial charge is 0.263 e. The Morgan fingerprint density at radius 1 is 1.22 bits per heavy atom. The van der Waals surface area contributed by atoms with E-state index in [2.05, 4.69) is 25.3 Å². The number of hydrogen-bond acceptors (Lipinski definition) is 8. The highest BCUT2D eigenvalue weighted by Gasteiger charge is 2.28. The van der Waals surface area contributed by atoms with E-state index in [1.807, 2.05) is 32.0 Å². The number of aryl methyl sites for hydroxylation is 2. The lowest BCUT2D eigenvalue weighted by Gasteiger charge is -2.33. The van der Waals surface area contributed by atoms with Crippen LogP contribution in [0.5, 0.6) is 11.5 Å². The first-order valence-corrected chi connectivity index (χ1v) is 10.8. The van der Waals surface area contributed by atoms with Crippen LogP contribution in [0.3, 0.4) is 0 Å². The van der Waals surface area contributed by atoms with Crippen LogP contribution >= 0.6 is 0 Å². The number of methoxy groups -OCH3 is 2. The Kier molecular flexibility index (Phi) is 6.43. The van der Waals surface area contributed by atoms with Gasteiger partial charge in [-0.05, 0) is 50.8 Å². The molecule has 3 aromatic rings. The Bertz CT molecular complexity index is 1110. The van der Waals surface area contributed by atoms with Gasteiger partial charge in [-0.25, -0.2) is 4.98 Å². The van der Waals surface area contributed by atoms with E-state index < -0.39 is 0 Å². The molecule has 1 amide bonds. The molecule has 9 heteroatoms. The molecule has 1 aliphatic heterocycles. The average Bonchev–Trinajstić information content (AvgIpc) is 3.18. The van der Waals surface area contributed by atoms with Gasteiger partial charge < -0.3 is 24.2 Å². The van der Waals surface area contributed by atoms with Crippen molar-refractivity contribution in [3.8, 4) is 11.5 Å². The summed E-state index contributed by atoms with van der Waals surface area (Å²) in [4.78, 5) is 24.0. The number of fused-ring (bicyclic) bond motifs is 1. The summed E-state index contributed by atoms with van der Waals surface area (Å²) < 4.78 is 16.0. The molecule has 1 atom stereocenters. The van der Waals surface area contributed by atoms with Gasteiger partial charge in [-0.1, -0.05) is 11.2 Å². The van der Waals surface area contributed by atoms with E-state index in [0.29, 0.717) is 42.5 Å². The van der Waals surface area contributed by atoms with E-state index in [1.165, 1.54) is 0 Å². The number of carbonyl (C=O) groups is 1. The lowest BCUT2D eigenvalue weighted by molar-refractivity contribution is -0.125. The van der Waals surface area contributed by atoms with Crippen LogP contribution < -0.4 is 19.7 Å². The molecule has 2 aromatic heterocycles. The maximum absolute atomic E-state index is 12.9. The zero-order valence-corrected chi connectivity index (χ0v) is 19.0. The molecule has 0 aliphatic carbocycles. The third-order valence-electron chi connectivity index (χ3n) is 5.85. The summed E-state index contributed by atoms with van der Waals surface area (Å²) in [6.45, 7) is 5.73. The van der Waals surface area contributed by atoms with Gasteiger partial charge in [0.15, 0.2) is 11.5 Å². The molecule has 3 heterocycles. The maximum atomic E-state index is 12.9. The number of aromatic nitrogens is 3. The molecule has 9 nitrogen and oxygen atoms in total. The van der Waals surface area contributed by atoms with Gasteiger partial charge in [-0.15, -0.1) is 0 Å². The van der Waals surface area contributed by atoms with Crippen LogP contribution in [-0.2, 0) is 11.2 Å². The first-order chi connectivity index (χ1) is 15.5. The van der Waals surface area contributed by atoms with Gasteiger partial charge in [-0.2, -0.15) is 4.98 Å². The van der Waals surface area contributed by atoms with Crippen molar-refractivity contribution in [3.05, 3.63) is 35.3 Å². The van der Waals surface area contributed by atoms with Crippen molar-refractivity contribution in [2.24, 2.45) is 5.92 Å². The molecule has 170 valence electrons. The normalized spacial score (nSPS) is 16.2. The van der Waals surface area contributed by atoms with Crippen molar-refractivity contribution >= 4 is 22.8 Å². The van der Waals surface area contributed by atoms with Crippen molar-refractivity contribution < 1.29 is 18.8 Å². The van der Waals surface area contributed by atoms with E-state index in [4.69, 9.17) is 14.0 Å². The van der Waals surface area contributed by atoms with Gasteiger partial charge in [-0.3, -0.25) is 4.79 Å². The molecule has 1 fully saturated rings. The molecule has 1 aliphatic rings. The van der Waals surface area contributed by atoms with Gasteiger partial charge in [0, 0.05) is 19.6 Å². The highest BCUT2D eigenvalue weighted by atomic mass is 16.5. The summed E-state index contributed by atoms with van der Waals surface area (Å²) in [7, 11) is 3.23. The summed E-state index contributed by atoms with van der Waals surface area (Å²) in [5, 5.41) is 7.96. The zero-order chi connectivity index (χ0) is 22.7. The lowest BCUT2D eigenvalue weighted by atomic mass is 9.96. The SMILES string of the molecule is COc1ccc(CCNC(=O)C2CCCN(c3nc(C)nc4onc(C)c34)C2)cc1OC. The van der Waals surface area contributed by atoms with Gasteiger partial charge in [0.05, 0.1) is 25.8 Å². The minimum Gasteiger partial charge on any atom is -0.493 e. The van der Waals surface area contributed by atoms with E-state index in [9.17, 15) is 4.79 Å². The minimum absolute atomic E-state index is 0.0687. The average molecular weight is 440 g/mol. The highest BCUT2D eigenvalue weighted by molar-refractivity contribution is 5.88. The Balaban J connectivity index is 1.39. The fraction of sp³-hybridized carbons (Fsp3) is 0.478. The molecule has 1 saturated heterocycles. The molecule has 1 unspecified atom stereocenters. The van der Waals surface area contributed by atoms with Gasteiger partial charge in [0.25, 0.3) is 5.71 Å². The molecule has 0 spiro atoms. The van der Waals surface area contributed by atoms with Crippen molar-refractivity contribution in [3.63, 3.8) is 0 Å². The monoisotopic (exact) mass is 439 g/mol. The topological polar surface area (TPSA) is 103 Å². The highest BCUT2D eigenvalue weighted by Crippen LogP contribution is 2.30. The van der Waals surface area contributed by atoms with Crippen molar-refractivity contribution in [1.29, 1.82) is 0 Å². The Morgan fingerprint density at radius 3 is 2.81 bits per heavy atom. The molecular formula is C23H29N5O4. The van der Waals surface area contributed by atoms with E-state index in [-0.39, 0.29) is 11.8 Å². The van der Waals surface area contributed by atoms with Crippen LogP contribution in [0.15, 0.2) is 22.7 Å². The molecule has 4 rings (SSSR count). The van der Waals surface area contributed by atoms with Crippen LogP contribution in [-0.4, -0.2) is 54.9 Å². The second-order valence-electron chi connectivity index (χ2n) is 8.06. The predicted molar refractivity (Wildman–Crippen MR) is 120 cm³/mol. The molecule has 1 aromatic carbocycles. The fourth-order valence-corrected chi connectivity index (χ4v) is 4.20. The summed E-state index contributed by atoms with van der Waals surface area (Å²) in [5.74, 6) is 2.78. The van der Waals surface area contributed by atoms with Crippen LogP contribution in [0.4, 0.5) is 5.82 Å². The third kappa shape index (κ3) is 4.46. The Labute approximate surface area is 187 Å². The van der Waals surface area contributed by atoms with Crippen LogP contribution in [0.25, 0.3) is 11.1 Å². The number of anilines is 1. The van der Waals surface area contributed by atoms with Crippen molar-refractivity contribution in [2.75, 3.05) is 38.8 Å². The molecular weight excluding hydrogens is 410 g/mol. The lowest BCUT2D eigenvalue weighted by Crippen LogP contribution is -2.44. The van der Waals surface area contributed by atoms with Crippen LogP contribution in [0.2, 0.25) is 0 Å². The third-order valence-corrected chi connectivity index (χ3v) is 5.85. The first-order valence-electron chi connectivity index (χ1n) is 10.8. The zero-order valence-electron chi connectivity index (χ0n) is 19.0. The standard InChI is InChI=1S/C23H29N5O4/c1-14-20-21(25-15(2)26-23(20)32-27-14)28-11-5-6-17(13-28)22(29)24-10-9-16-7-8-18(30-3)19(12-16)31-4/h7-8,12,17H,5-6,9-11,13H2,1-4H3,(H,24,29). The largest absolute Gasteiger partial charge is 0.493 e. The summed E-state index contributed by atoms with van der Waals surface area (Å²) in [6.07, 6.45) is 2.49. The van der Waals surface area contributed by atoms with Crippen LogP contribution in [0.1, 0.15) is 29.9 Å². The predicted octanol–water partition coefficient (Wildman–Crippen LogP) is 2.83. The second-order valence-corrected chi connectivity index (χ2v) is 8.06. The summed E-state index contributed by atoms with van der Waals surface area (Å²) >= 11 is 0. The summed E-state index contributed by atoms with van der Waals surface area (Å²) in [5.41, 5.74) is 2.33. The first kappa shape index (κ1) is 21.9. The summed E-state index contributed by atoms with van der Waals surface area (Å²) in [6, 6.07) is 5.81. The molecule has 0 saturated carbocycles. The van der Waals surface area contributed by atoms with Crippen molar-refractivity contribution in [2.45, 2.75) is 33.1 Å². The number of nitrogens with zero attached hydrogens (tertiary/aromatic N) is 4. The van der Waals surface area contributed by atoms with Gasteiger partial charge >= 0.3 is 0 Å². The van der Waals surface area contributed by atoms with Crippen LogP contribution in [0, 0.1) is 19.8 Å². The number of hydrogen-bond donors (Lipinski definition) is 1. The number of ether oxygens (including phenoxy) is 2. The fourth-order valence-electron chi connectivity index (χ4n) is 4.20. The Morgan fingerprint density at radius 2 is 2.03 bits per heavy atom. The number of nitrogens with one attached hydrogen (secondary N) is 1. The number of carbonyl (C=O) groups excluding carboxylic acids is 1. The second kappa shape index (κ2) is 9.42. The van der Waals surface area contributed by atoms with Gasteiger partial charge in [0.1, 0.15) is 17.0 Å². The molecule has 0 radical (unpaired) electrons. The Hall–Kier alpha value is -3.36. The quantitative estimate of drug-likeness (QED) is 0.600. The van der Waals surface area contributed by atoms with E-state index in [0.717, 1.165) is 41.8 Å². The van der Waals surface area contributed by atoms with E-state index in [1.54, 1.807) is 14.2 Å². The number of amides is 1. The molecule has 32 heavy (non-hydrogen) atoms. The number of benzene rings is 1. The minimum atomic E-state index is -0.0976.